The van der Waals surface area contributed by atoms with Crippen molar-refractivity contribution in [3.05, 3.63) is 52.5 Å². The summed E-state index contributed by atoms with van der Waals surface area (Å²) in [5, 5.41) is 0. The van der Waals surface area contributed by atoms with Crippen molar-refractivity contribution in [2.24, 2.45) is 0 Å². The lowest BCUT2D eigenvalue weighted by Gasteiger charge is -2.12. The number of hydrogen-bond acceptors (Lipinski definition) is 3. The first-order valence-electron chi connectivity index (χ1n) is 6.18. The number of alkyl halides is 3. The highest BCUT2D eigenvalue weighted by molar-refractivity contribution is 9.10. The van der Waals surface area contributed by atoms with Gasteiger partial charge in [0.25, 0.3) is 0 Å². The Labute approximate surface area is 133 Å². The molecule has 3 nitrogen and oxygen atoms in total. The molecule has 0 aliphatic heterocycles. The molecule has 0 aliphatic carbocycles. The molecular weight excluding hydrogens is 365 g/mol. The SMILES string of the molecule is COc1ccc(COc2ccc(OC(F)(F)F)cc2Br)cc1. The molecule has 0 aliphatic rings. The van der Waals surface area contributed by atoms with E-state index in [1.54, 1.807) is 19.2 Å². The lowest BCUT2D eigenvalue weighted by molar-refractivity contribution is -0.274. The van der Waals surface area contributed by atoms with Crippen molar-refractivity contribution < 1.29 is 27.4 Å². The predicted octanol–water partition coefficient (Wildman–Crippen LogP) is 4.94. The van der Waals surface area contributed by atoms with Crippen LogP contribution in [0, 0.1) is 0 Å². The number of methoxy groups -OCH3 is 1. The minimum absolute atomic E-state index is 0.280. The maximum Gasteiger partial charge on any atom is 0.573 e. The maximum atomic E-state index is 12.1. The van der Waals surface area contributed by atoms with Crippen LogP contribution in [0.4, 0.5) is 13.2 Å². The first-order valence-corrected chi connectivity index (χ1v) is 6.98. The summed E-state index contributed by atoms with van der Waals surface area (Å²) in [4.78, 5) is 0. The Morgan fingerprint density at radius 1 is 1.00 bits per heavy atom. The van der Waals surface area contributed by atoms with Crippen LogP contribution in [-0.2, 0) is 6.61 Å². The van der Waals surface area contributed by atoms with E-state index in [1.165, 1.54) is 18.2 Å². The van der Waals surface area contributed by atoms with Gasteiger partial charge in [-0.3, -0.25) is 0 Å². The van der Waals surface area contributed by atoms with Gasteiger partial charge < -0.3 is 14.2 Å². The van der Waals surface area contributed by atoms with E-state index in [0.29, 0.717) is 10.2 Å². The van der Waals surface area contributed by atoms with E-state index in [0.717, 1.165) is 11.3 Å². The molecular formula is C15H12BrF3O3. The van der Waals surface area contributed by atoms with Gasteiger partial charge in [0.2, 0.25) is 0 Å². The largest absolute Gasteiger partial charge is 0.573 e. The summed E-state index contributed by atoms with van der Waals surface area (Å²) < 4.78 is 51.2. The van der Waals surface area contributed by atoms with Crippen LogP contribution in [0.1, 0.15) is 5.56 Å². The smallest absolute Gasteiger partial charge is 0.497 e. The summed E-state index contributed by atoms with van der Waals surface area (Å²) in [5.74, 6) is 0.847. The Hall–Kier alpha value is -1.89. The standard InChI is InChI=1S/C15H12BrF3O3/c1-20-11-4-2-10(3-5-11)9-21-14-7-6-12(8-13(14)16)22-15(17,18)19/h2-8H,9H2,1H3. The Morgan fingerprint density at radius 3 is 2.18 bits per heavy atom. The molecule has 0 saturated carbocycles. The molecule has 0 spiro atoms. The molecule has 0 N–H and O–H groups in total. The van der Waals surface area contributed by atoms with Gasteiger partial charge in [-0.15, -0.1) is 13.2 Å². The van der Waals surface area contributed by atoms with Gasteiger partial charge in [-0.2, -0.15) is 0 Å². The molecule has 2 rings (SSSR count). The molecule has 118 valence electrons. The van der Waals surface area contributed by atoms with Gasteiger partial charge in [0.05, 0.1) is 11.6 Å². The summed E-state index contributed by atoms with van der Waals surface area (Å²) in [6.07, 6.45) is -4.72. The lowest BCUT2D eigenvalue weighted by atomic mass is 10.2. The number of benzene rings is 2. The molecule has 0 aromatic heterocycles. The Balaban J connectivity index is 2.00. The molecule has 22 heavy (non-hydrogen) atoms. The van der Waals surface area contributed by atoms with Gasteiger partial charge >= 0.3 is 6.36 Å². The molecule has 0 unspecified atom stereocenters. The van der Waals surface area contributed by atoms with Crippen molar-refractivity contribution in [1.29, 1.82) is 0 Å². The topological polar surface area (TPSA) is 27.7 Å². The highest BCUT2D eigenvalue weighted by Crippen LogP contribution is 2.32. The molecule has 0 amide bonds. The summed E-state index contributed by atoms with van der Waals surface area (Å²) >= 11 is 3.16. The fourth-order valence-corrected chi connectivity index (χ4v) is 2.15. The molecule has 7 heteroatoms. The Bertz CT molecular complexity index is 627. The van der Waals surface area contributed by atoms with Crippen molar-refractivity contribution in [1.82, 2.24) is 0 Å². The van der Waals surface area contributed by atoms with Gasteiger partial charge in [0, 0.05) is 0 Å². The Kier molecular flexibility index (Phi) is 5.18. The number of hydrogen-bond donors (Lipinski definition) is 0. The van der Waals surface area contributed by atoms with Gasteiger partial charge in [0.15, 0.2) is 0 Å². The Morgan fingerprint density at radius 2 is 1.64 bits per heavy atom. The van der Waals surface area contributed by atoms with E-state index in [9.17, 15) is 13.2 Å². The van der Waals surface area contributed by atoms with Crippen LogP contribution >= 0.6 is 15.9 Å². The first kappa shape index (κ1) is 16.5. The first-order chi connectivity index (χ1) is 10.4. The third kappa shape index (κ3) is 4.84. The summed E-state index contributed by atoms with van der Waals surface area (Å²) in [5.41, 5.74) is 0.906. The van der Waals surface area contributed by atoms with Gasteiger partial charge in [-0.05, 0) is 51.8 Å². The zero-order valence-corrected chi connectivity index (χ0v) is 13.1. The highest BCUT2D eigenvalue weighted by atomic mass is 79.9. The zero-order chi connectivity index (χ0) is 16.2. The van der Waals surface area contributed by atoms with Crippen LogP contribution in [-0.4, -0.2) is 13.5 Å². The van der Waals surface area contributed by atoms with E-state index in [1.807, 2.05) is 12.1 Å². The third-order valence-electron chi connectivity index (χ3n) is 2.69. The van der Waals surface area contributed by atoms with Crippen LogP contribution in [0.15, 0.2) is 46.9 Å². The minimum atomic E-state index is -4.72. The molecule has 2 aromatic rings. The van der Waals surface area contributed by atoms with Crippen LogP contribution in [0.25, 0.3) is 0 Å². The van der Waals surface area contributed by atoms with Crippen LogP contribution < -0.4 is 14.2 Å². The average molecular weight is 377 g/mol. The zero-order valence-electron chi connectivity index (χ0n) is 11.5. The molecule has 0 atom stereocenters. The van der Waals surface area contributed by atoms with E-state index in [-0.39, 0.29) is 12.4 Å². The minimum Gasteiger partial charge on any atom is -0.497 e. The summed E-state index contributed by atoms with van der Waals surface area (Å²) in [7, 11) is 1.58. The van der Waals surface area contributed by atoms with Crippen molar-refractivity contribution in [3.63, 3.8) is 0 Å². The number of rotatable bonds is 5. The van der Waals surface area contributed by atoms with Crippen molar-refractivity contribution in [3.8, 4) is 17.2 Å². The molecule has 0 fully saturated rings. The second kappa shape index (κ2) is 6.91. The van der Waals surface area contributed by atoms with Crippen molar-refractivity contribution in [2.45, 2.75) is 13.0 Å². The number of halogens is 4. The second-order valence-corrected chi connectivity index (χ2v) is 5.13. The monoisotopic (exact) mass is 376 g/mol. The van der Waals surface area contributed by atoms with Gasteiger partial charge in [-0.25, -0.2) is 0 Å². The molecule has 0 saturated heterocycles. The normalized spacial score (nSPS) is 11.1. The van der Waals surface area contributed by atoms with Gasteiger partial charge in [0.1, 0.15) is 23.9 Å². The number of ether oxygens (including phenoxy) is 3. The fourth-order valence-electron chi connectivity index (χ4n) is 1.68. The molecule has 2 aromatic carbocycles. The predicted molar refractivity (Wildman–Crippen MR) is 78.2 cm³/mol. The van der Waals surface area contributed by atoms with Crippen molar-refractivity contribution >= 4 is 15.9 Å². The molecule has 0 heterocycles. The van der Waals surface area contributed by atoms with Gasteiger partial charge in [-0.1, -0.05) is 12.1 Å². The van der Waals surface area contributed by atoms with Crippen molar-refractivity contribution in [2.75, 3.05) is 7.11 Å². The lowest BCUT2D eigenvalue weighted by Crippen LogP contribution is -2.17. The molecule has 0 radical (unpaired) electrons. The maximum absolute atomic E-state index is 12.1. The quantitative estimate of drug-likeness (QED) is 0.739. The van der Waals surface area contributed by atoms with Crippen LogP contribution in [0.5, 0.6) is 17.2 Å². The second-order valence-electron chi connectivity index (χ2n) is 4.28. The van der Waals surface area contributed by atoms with Crippen LogP contribution in [0.2, 0.25) is 0 Å². The van der Waals surface area contributed by atoms with Crippen LogP contribution in [0.3, 0.4) is 0 Å². The van der Waals surface area contributed by atoms with E-state index >= 15 is 0 Å². The molecule has 0 bridgehead atoms. The van der Waals surface area contributed by atoms with E-state index < -0.39 is 6.36 Å². The van der Waals surface area contributed by atoms with E-state index in [2.05, 4.69) is 20.7 Å². The summed E-state index contributed by atoms with van der Waals surface area (Å²) in [6, 6.07) is 11.1. The van der Waals surface area contributed by atoms with E-state index in [4.69, 9.17) is 9.47 Å². The average Bonchev–Trinajstić information content (AvgIpc) is 2.45. The highest BCUT2D eigenvalue weighted by Gasteiger charge is 2.31. The third-order valence-corrected chi connectivity index (χ3v) is 3.31. The summed E-state index contributed by atoms with van der Waals surface area (Å²) in [6.45, 7) is 0.280. The fraction of sp³-hybridized carbons (Fsp3) is 0.200.